The van der Waals surface area contributed by atoms with Gasteiger partial charge in [-0.05, 0) is 60.0 Å². The number of hydrogen-bond donors (Lipinski definition) is 0. The third-order valence-electron chi connectivity index (χ3n) is 5.41. The van der Waals surface area contributed by atoms with Crippen LogP contribution in [0.5, 0.6) is 5.75 Å². The summed E-state index contributed by atoms with van der Waals surface area (Å²) in [5, 5.41) is 10.0. The molecule has 0 unspecified atom stereocenters. The fourth-order valence-corrected chi connectivity index (χ4v) is 3.78. The van der Waals surface area contributed by atoms with Gasteiger partial charge in [-0.1, -0.05) is 72.8 Å². The van der Waals surface area contributed by atoms with Crippen molar-refractivity contribution >= 4 is 23.0 Å². The third-order valence-corrected chi connectivity index (χ3v) is 5.41. The van der Waals surface area contributed by atoms with E-state index in [0.717, 1.165) is 45.0 Å². The van der Waals surface area contributed by atoms with Gasteiger partial charge in [0.1, 0.15) is 5.75 Å². The number of nitrogens with zero attached hydrogens (tertiary/aromatic N) is 2. The molecular formula is C30H24N2O. The Bertz CT molecular complexity index is 1330. The van der Waals surface area contributed by atoms with Gasteiger partial charge in [-0.25, -0.2) is 0 Å². The Kier molecular flexibility index (Phi) is 6.78. The van der Waals surface area contributed by atoms with Gasteiger partial charge in [0.15, 0.2) is 0 Å². The Hall–Kier alpha value is -4.42. The molecule has 0 atom stereocenters. The van der Waals surface area contributed by atoms with E-state index in [1.165, 1.54) is 0 Å². The van der Waals surface area contributed by atoms with E-state index in [4.69, 9.17) is 9.73 Å². The van der Waals surface area contributed by atoms with Crippen molar-refractivity contribution < 1.29 is 4.74 Å². The van der Waals surface area contributed by atoms with E-state index in [1.54, 1.807) is 7.11 Å². The Morgan fingerprint density at radius 3 is 2.12 bits per heavy atom. The van der Waals surface area contributed by atoms with Crippen LogP contribution in [0.1, 0.15) is 34.7 Å². The van der Waals surface area contributed by atoms with Crippen LogP contribution in [0.25, 0.3) is 11.6 Å². The zero-order valence-corrected chi connectivity index (χ0v) is 18.7. The van der Waals surface area contributed by atoms with E-state index in [2.05, 4.69) is 36.4 Å². The molecule has 0 N–H and O–H groups in total. The summed E-state index contributed by atoms with van der Waals surface area (Å²) in [6.07, 6.45) is 2.13. The maximum absolute atomic E-state index is 10.0. The van der Waals surface area contributed by atoms with Crippen molar-refractivity contribution in [1.29, 1.82) is 5.26 Å². The number of hydrogen-bond acceptors (Lipinski definition) is 3. The fourth-order valence-electron chi connectivity index (χ4n) is 3.78. The highest BCUT2D eigenvalue weighted by Crippen LogP contribution is 2.32. The van der Waals surface area contributed by atoms with Crippen LogP contribution in [0.3, 0.4) is 0 Å². The molecule has 0 aliphatic carbocycles. The van der Waals surface area contributed by atoms with Crippen LogP contribution < -0.4 is 4.74 Å². The zero-order chi connectivity index (χ0) is 23.0. The minimum Gasteiger partial charge on any atom is -0.497 e. The predicted octanol–water partition coefficient (Wildman–Crippen LogP) is 7.30. The minimum atomic E-state index is 0.614. The van der Waals surface area contributed by atoms with E-state index in [1.807, 2.05) is 85.8 Å². The van der Waals surface area contributed by atoms with Gasteiger partial charge in [0.2, 0.25) is 0 Å². The minimum absolute atomic E-state index is 0.614. The van der Waals surface area contributed by atoms with Gasteiger partial charge in [0.25, 0.3) is 0 Å². The van der Waals surface area contributed by atoms with Gasteiger partial charge in [0, 0.05) is 16.8 Å². The second-order valence-electron chi connectivity index (χ2n) is 7.57. The summed E-state index contributed by atoms with van der Waals surface area (Å²) in [4.78, 5) is 4.85. The zero-order valence-electron chi connectivity index (χ0n) is 18.7. The standard InChI is InChI=1S/C30H24N2O/c1-22(32-26-16-18-27(33-2)19-17-26)28-15-9-14-25(21-31)30(28)29(24-12-7-4-8-13-24)20-23-10-5-3-6-11-23/h3-20H,1-2H3/b29-20-,32-22?. The van der Waals surface area contributed by atoms with Crippen molar-refractivity contribution in [2.75, 3.05) is 7.11 Å². The molecule has 0 saturated heterocycles. The maximum Gasteiger partial charge on any atom is 0.119 e. The lowest BCUT2D eigenvalue weighted by molar-refractivity contribution is 0.415. The van der Waals surface area contributed by atoms with E-state index in [9.17, 15) is 5.26 Å². The smallest absolute Gasteiger partial charge is 0.119 e. The molecule has 0 bridgehead atoms. The molecule has 4 aromatic carbocycles. The largest absolute Gasteiger partial charge is 0.497 e. The molecular weight excluding hydrogens is 404 g/mol. The van der Waals surface area contributed by atoms with Crippen molar-refractivity contribution in [2.45, 2.75) is 6.92 Å². The number of benzene rings is 4. The summed E-state index contributed by atoms with van der Waals surface area (Å²) < 4.78 is 5.25. The fraction of sp³-hybridized carbons (Fsp3) is 0.0667. The molecule has 0 aliphatic heterocycles. The summed E-state index contributed by atoms with van der Waals surface area (Å²) >= 11 is 0. The average molecular weight is 429 g/mol. The SMILES string of the molecule is COc1ccc(N=C(C)c2cccc(C#N)c2/C(=C\c2ccccc2)c2ccccc2)cc1. The molecule has 4 aromatic rings. The highest BCUT2D eigenvalue weighted by atomic mass is 16.5. The van der Waals surface area contributed by atoms with Gasteiger partial charge in [-0.2, -0.15) is 5.26 Å². The first-order valence-electron chi connectivity index (χ1n) is 10.7. The Balaban J connectivity index is 1.92. The first-order valence-corrected chi connectivity index (χ1v) is 10.7. The lowest BCUT2D eigenvalue weighted by atomic mass is 9.87. The Morgan fingerprint density at radius 2 is 1.48 bits per heavy atom. The van der Waals surface area contributed by atoms with E-state index >= 15 is 0 Å². The molecule has 0 heterocycles. The first-order chi connectivity index (χ1) is 16.2. The van der Waals surface area contributed by atoms with Crippen molar-refractivity contribution in [2.24, 2.45) is 4.99 Å². The van der Waals surface area contributed by atoms with E-state index in [-0.39, 0.29) is 0 Å². The van der Waals surface area contributed by atoms with Crippen LogP contribution in [0.4, 0.5) is 5.69 Å². The molecule has 4 rings (SSSR count). The van der Waals surface area contributed by atoms with Crippen LogP contribution in [0, 0.1) is 11.3 Å². The van der Waals surface area contributed by atoms with Crippen LogP contribution in [-0.4, -0.2) is 12.8 Å². The monoisotopic (exact) mass is 428 g/mol. The van der Waals surface area contributed by atoms with Crippen LogP contribution in [0.15, 0.2) is 108 Å². The first kappa shape index (κ1) is 21.8. The highest BCUT2D eigenvalue weighted by Gasteiger charge is 2.17. The average Bonchev–Trinajstić information content (AvgIpc) is 2.88. The highest BCUT2D eigenvalue weighted by molar-refractivity contribution is 6.08. The predicted molar refractivity (Wildman–Crippen MR) is 136 cm³/mol. The molecule has 33 heavy (non-hydrogen) atoms. The van der Waals surface area contributed by atoms with Gasteiger partial charge in [0.05, 0.1) is 24.4 Å². The Labute approximate surface area is 195 Å². The summed E-state index contributed by atoms with van der Waals surface area (Å²) in [7, 11) is 1.65. The molecule has 3 heteroatoms. The topological polar surface area (TPSA) is 45.4 Å². The molecule has 3 nitrogen and oxygen atoms in total. The molecule has 0 saturated carbocycles. The number of aliphatic imine (C=N–C) groups is 1. The Morgan fingerprint density at radius 1 is 0.818 bits per heavy atom. The summed E-state index contributed by atoms with van der Waals surface area (Å²) in [6, 6.07) is 36.2. The van der Waals surface area contributed by atoms with Gasteiger partial charge < -0.3 is 4.74 Å². The maximum atomic E-state index is 10.0. The number of ether oxygens (including phenoxy) is 1. The van der Waals surface area contributed by atoms with Crippen molar-refractivity contribution in [3.05, 3.63) is 131 Å². The van der Waals surface area contributed by atoms with Gasteiger partial charge >= 0.3 is 0 Å². The lowest BCUT2D eigenvalue weighted by Gasteiger charge is -2.16. The molecule has 0 aromatic heterocycles. The molecule has 0 spiro atoms. The number of nitriles is 1. The summed E-state index contributed by atoms with van der Waals surface area (Å²) in [6.45, 7) is 1.98. The summed E-state index contributed by atoms with van der Waals surface area (Å²) in [5.74, 6) is 0.788. The van der Waals surface area contributed by atoms with Gasteiger partial charge in [-0.3, -0.25) is 4.99 Å². The molecule has 0 fully saturated rings. The van der Waals surface area contributed by atoms with Crippen LogP contribution >= 0.6 is 0 Å². The summed E-state index contributed by atoms with van der Waals surface area (Å²) in [5.41, 5.74) is 7.18. The quantitative estimate of drug-likeness (QED) is 0.239. The second kappa shape index (κ2) is 10.3. The van der Waals surface area contributed by atoms with Crippen molar-refractivity contribution in [3.63, 3.8) is 0 Å². The normalized spacial score (nSPS) is 11.7. The van der Waals surface area contributed by atoms with E-state index < -0.39 is 0 Å². The van der Waals surface area contributed by atoms with Crippen LogP contribution in [0.2, 0.25) is 0 Å². The second-order valence-corrected chi connectivity index (χ2v) is 7.57. The van der Waals surface area contributed by atoms with Crippen molar-refractivity contribution in [3.8, 4) is 11.8 Å². The number of methoxy groups -OCH3 is 1. The van der Waals surface area contributed by atoms with Gasteiger partial charge in [-0.15, -0.1) is 0 Å². The molecule has 160 valence electrons. The van der Waals surface area contributed by atoms with Crippen LogP contribution in [-0.2, 0) is 0 Å². The van der Waals surface area contributed by atoms with Crippen molar-refractivity contribution in [1.82, 2.24) is 0 Å². The lowest BCUT2D eigenvalue weighted by Crippen LogP contribution is -2.04. The van der Waals surface area contributed by atoms with E-state index in [0.29, 0.717) is 5.56 Å². The number of rotatable bonds is 6. The molecule has 0 aliphatic rings. The molecule has 0 amide bonds. The third kappa shape index (κ3) is 5.08. The molecule has 0 radical (unpaired) electrons.